The summed E-state index contributed by atoms with van der Waals surface area (Å²) in [6.45, 7) is 2.47. The Bertz CT molecular complexity index is 912. The predicted molar refractivity (Wildman–Crippen MR) is 99.4 cm³/mol. The molecule has 9 heteroatoms. The number of nitrogens with two attached hydrogens (primary N) is 1. The topological polar surface area (TPSA) is 50.9 Å². The minimum absolute atomic E-state index is 0.166. The molecule has 0 unspecified atom stereocenters. The van der Waals surface area contributed by atoms with Crippen LogP contribution in [0.25, 0.3) is 10.2 Å². The number of thiophene rings is 2. The monoisotopic (exact) mass is 401 g/mol. The highest BCUT2D eigenvalue weighted by Crippen LogP contribution is 2.39. The van der Waals surface area contributed by atoms with E-state index >= 15 is 0 Å². The number of fused-ring (bicyclic) bond motifs is 1. The molecule has 3 aromatic heterocycles. The van der Waals surface area contributed by atoms with Gasteiger partial charge in [0.05, 0.1) is 16.8 Å². The number of halogens is 3. The summed E-state index contributed by atoms with van der Waals surface area (Å²) >= 11 is 4.29. The Morgan fingerprint density at radius 2 is 2.20 bits per heavy atom. The second-order valence-corrected chi connectivity index (χ2v) is 8.36. The van der Waals surface area contributed by atoms with Crippen LogP contribution in [0.15, 0.2) is 17.5 Å². The van der Waals surface area contributed by atoms with Crippen LogP contribution in [0.1, 0.15) is 22.2 Å². The number of hydrogen-bond donors (Lipinski definition) is 2. The maximum absolute atomic E-state index is 12.5. The zero-order valence-electron chi connectivity index (χ0n) is 13.1. The number of nitrogens with one attached hydrogen (secondary N) is 1. The number of anilines is 1. The van der Waals surface area contributed by atoms with Gasteiger partial charge in [-0.05, 0) is 36.3 Å². The second-order valence-electron chi connectivity index (χ2n) is 5.45. The van der Waals surface area contributed by atoms with Crippen LogP contribution in [0, 0.1) is 11.8 Å². The van der Waals surface area contributed by atoms with E-state index in [1.807, 2.05) is 24.4 Å². The standard InChI is InChI=1S/C16H14F3N3S3/c1-9(20)7-12-11(4-5-16(17,18)19)13-14(24-12)15(25-22-13)21-8-10-3-2-6-23-10/h2-3,6,9,21H,7-8,20H2,1H3/t9-/m0/s1. The first kappa shape index (κ1) is 18.2. The van der Waals surface area contributed by atoms with Crippen molar-refractivity contribution in [3.63, 3.8) is 0 Å². The lowest BCUT2D eigenvalue weighted by Gasteiger charge is -2.03. The van der Waals surface area contributed by atoms with Crippen LogP contribution in [-0.4, -0.2) is 16.6 Å². The van der Waals surface area contributed by atoms with E-state index in [0.717, 1.165) is 14.6 Å². The van der Waals surface area contributed by atoms with Crippen molar-refractivity contribution < 1.29 is 13.2 Å². The molecule has 0 saturated heterocycles. The van der Waals surface area contributed by atoms with E-state index in [1.54, 1.807) is 11.3 Å². The van der Waals surface area contributed by atoms with Crippen LogP contribution in [0.4, 0.5) is 18.2 Å². The van der Waals surface area contributed by atoms with Crippen LogP contribution in [-0.2, 0) is 13.0 Å². The Morgan fingerprint density at radius 1 is 1.40 bits per heavy atom. The smallest absolute Gasteiger partial charge is 0.370 e. The fourth-order valence-electron chi connectivity index (χ4n) is 2.23. The van der Waals surface area contributed by atoms with Crippen molar-refractivity contribution in [3.8, 4) is 11.8 Å². The van der Waals surface area contributed by atoms with Gasteiger partial charge in [-0.1, -0.05) is 12.0 Å². The van der Waals surface area contributed by atoms with Gasteiger partial charge in [0.2, 0.25) is 0 Å². The molecule has 0 amide bonds. The molecule has 132 valence electrons. The highest BCUT2D eigenvalue weighted by atomic mass is 32.1. The summed E-state index contributed by atoms with van der Waals surface area (Å²) in [7, 11) is 0. The zero-order valence-corrected chi connectivity index (χ0v) is 15.6. The summed E-state index contributed by atoms with van der Waals surface area (Å²) in [5, 5.41) is 6.15. The lowest BCUT2D eigenvalue weighted by Crippen LogP contribution is -2.17. The van der Waals surface area contributed by atoms with E-state index in [9.17, 15) is 13.2 Å². The average Bonchev–Trinajstić information content (AvgIpc) is 3.19. The molecule has 3 nitrogen and oxygen atoms in total. The molecule has 0 fully saturated rings. The van der Waals surface area contributed by atoms with E-state index < -0.39 is 6.18 Å². The van der Waals surface area contributed by atoms with Gasteiger partial charge in [0, 0.05) is 21.7 Å². The Balaban J connectivity index is 1.96. The van der Waals surface area contributed by atoms with Gasteiger partial charge in [-0.2, -0.15) is 17.5 Å². The summed E-state index contributed by atoms with van der Waals surface area (Å²) in [5.41, 5.74) is 6.70. The molecule has 0 aliphatic carbocycles. The number of hydrogen-bond acceptors (Lipinski definition) is 6. The van der Waals surface area contributed by atoms with E-state index in [0.29, 0.717) is 24.0 Å². The summed E-state index contributed by atoms with van der Waals surface area (Å²) in [4.78, 5) is 1.92. The fourth-order valence-corrected chi connectivity index (χ4v) is 5.11. The number of alkyl halides is 3. The van der Waals surface area contributed by atoms with Crippen LogP contribution >= 0.6 is 34.2 Å². The molecule has 3 heterocycles. The van der Waals surface area contributed by atoms with Gasteiger partial charge in [0.1, 0.15) is 10.5 Å². The van der Waals surface area contributed by atoms with Crippen molar-refractivity contribution in [2.75, 3.05) is 5.32 Å². The molecule has 0 radical (unpaired) electrons. The van der Waals surface area contributed by atoms with Gasteiger partial charge in [0.15, 0.2) is 0 Å². The lowest BCUT2D eigenvalue weighted by atomic mass is 10.1. The van der Waals surface area contributed by atoms with Gasteiger partial charge in [-0.25, -0.2) is 0 Å². The molecular weight excluding hydrogens is 387 g/mol. The number of rotatable bonds is 5. The third-order valence-electron chi connectivity index (χ3n) is 3.23. The first-order chi connectivity index (χ1) is 11.8. The van der Waals surface area contributed by atoms with Crippen LogP contribution < -0.4 is 11.1 Å². The van der Waals surface area contributed by atoms with Crippen LogP contribution in [0.5, 0.6) is 0 Å². The Labute approximate surface area is 154 Å². The van der Waals surface area contributed by atoms with E-state index in [-0.39, 0.29) is 6.04 Å². The minimum atomic E-state index is -4.53. The summed E-state index contributed by atoms with van der Waals surface area (Å²) in [5.74, 6) is 3.62. The Morgan fingerprint density at radius 3 is 2.84 bits per heavy atom. The zero-order chi connectivity index (χ0) is 18.0. The van der Waals surface area contributed by atoms with Crippen molar-refractivity contribution in [2.45, 2.75) is 32.1 Å². The van der Waals surface area contributed by atoms with Gasteiger partial charge in [-0.15, -0.1) is 22.7 Å². The lowest BCUT2D eigenvalue weighted by molar-refractivity contribution is -0.0696. The molecule has 0 aliphatic heterocycles. The van der Waals surface area contributed by atoms with Crippen LogP contribution in [0.2, 0.25) is 0 Å². The SMILES string of the molecule is C[C@H](N)Cc1sc2c(NCc3cccs3)snc2c1C#CC(F)(F)F. The third kappa shape index (κ3) is 4.52. The normalized spacial score (nSPS) is 12.8. The highest BCUT2D eigenvalue weighted by molar-refractivity contribution is 7.24. The van der Waals surface area contributed by atoms with Crippen molar-refractivity contribution >= 4 is 49.4 Å². The van der Waals surface area contributed by atoms with Gasteiger partial charge in [0.25, 0.3) is 0 Å². The quantitative estimate of drug-likeness (QED) is 0.602. The van der Waals surface area contributed by atoms with Gasteiger partial charge >= 0.3 is 6.18 Å². The first-order valence-corrected chi connectivity index (χ1v) is 9.83. The highest BCUT2D eigenvalue weighted by Gasteiger charge is 2.24. The van der Waals surface area contributed by atoms with E-state index in [1.165, 1.54) is 33.7 Å². The Kier molecular flexibility index (Phi) is 5.34. The molecule has 0 aromatic carbocycles. The maximum Gasteiger partial charge on any atom is 0.458 e. The predicted octanol–water partition coefficient (Wildman–Crippen LogP) is 4.83. The maximum atomic E-state index is 12.5. The molecule has 1 atom stereocenters. The fraction of sp³-hybridized carbons (Fsp3) is 0.312. The van der Waals surface area contributed by atoms with Crippen molar-refractivity contribution in [2.24, 2.45) is 5.73 Å². The van der Waals surface area contributed by atoms with E-state index in [4.69, 9.17) is 5.73 Å². The molecule has 0 aliphatic rings. The average molecular weight is 402 g/mol. The molecule has 3 rings (SSSR count). The molecule has 0 bridgehead atoms. The van der Waals surface area contributed by atoms with Gasteiger partial charge < -0.3 is 11.1 Å². The molecule has 25 heavy (non-hydrogen) atoms. The van der Waals surface area contributed by atoms with Crippen molar-refractivity contribution in [1.82, 2.24) is 4.37 Å². The third-order valence-corrected chi connectivity index (χ3v) is 6.26. The minimum Gasteiger partial charge on any atom is -0.370 e. The molecule has 0 saturated carbocycles. The van der Waals surface area contributed by atoms with Crippen LogP contribution in [0.3, 0.4) is 0 Å². The number of nitrogens with zero attached hydrogens (tertiary/aromatic N) is 1. The second kappa shape index (κ2) is 7.33. The summed E-state index contributed by atoms with van der Waals surface area (Å²) in [6, 6.07) is 3.83. The summed E-state index contributed by atoms with van der Waals surface area (Å²) < 4.78 is 42.7. The largest absolute Gasteiger partial charge is 0.458 e. The first-order valence-electron chi connectivity index (χ1n) is 7.36. The molecule has 3 aromatic rings. The van der Waals surface area contributed by atoms with Crippen molar-refractivity contribution in [1.29, 1.82) is 0 Å². The summed E-state index contributed by atoms with van der Waals surface area (Å²) in [6.07, 6.45) is -4.06. The van der Waals surface area contributed by atoms with Gasteiger partial charge in [-0.3, -0.25) is 0 Å². The van der Waals surface area contributed by atoms with E-state index in [2.05, 4.69) is 15.6 Å². The molecule has 0 spiro atoms. The molecule has 3 N–H and O–H groups in total. The molecular formula is C16H14F3N3S3. The number of aromatic nitrogens is 1. The van der Waals surface area contributed by atoms with Crippen molar-refractivity contribution in [3.05, 3.63) is 32.8 Å². The Hall–Kier alpha value is -1.60.